The first-order valence-corrected chi connectivity index (χ1v) is 10.00. The quantitative estimate of drug-likeness (QED) is 0.388. The second kappa shape index (κ2) is 5.69. The molecule has 5 nitrogen and oxygen atoms in total. The highest BCUT2D eigenvalue weighted by Gasteiger charge is 2.34. The predicted octanol–water partition coefficient (Wildman–Crippen LogP) is 7.81. The summed E-state index contributed by atoms with van der Waals surface area (Å²) in [4.78, 5) is 0. The molecule has 0 amide bonds. The molecule has 0 spiro atoms. The minimum Gasteiger partial charge on any atom is -0.419 e. The molecule has 0 aliphatic carbocycles. The Morgan fingerprint density at radius 2 is 1.55 bits per heavy atom. The Balaban J connectivity index is 2.47. The molecule has 0 fully saturated rings. The molecular formula is C6H5F5N4OP4. The first-order valence-electron chi connectivity index (χ1n) is 4.74. The largest absolute Gasteiger partial charge is 0.442 e. The highest BCUT2D eigenvalue weighted by molar-refractivity contribution is 7.74. The van der Waals surface area contributed by atoms with Gasteiger partial charge in [-0.1, -0.05) is 18.2 Å². The minimum absolute atomic E-state index is 0.0897. The van der Waals surface area contributed by atoms with Gasteiger partial charge in [-0.15, -0.1) is 39.0 Å². The van der Waals surface area contributed by atoms with E-state index in [-0.39, 0.29) is 5.75 Å². The smallest absolute Gasteiger partial charge is 0.419 e. The molecule has 1 aromatic carbocycles. The Labute approximate surface area is 112 Å². The third-order valence-electron chi connectivity index (χ3n) is 1.70. The van der Waals surface area contributed by atoms with Gasteiger partial charge in [0.05, 0.1) is 0 Å². The van der Waals surface area contributed by atoms with Crippen molar-refractivity contribution in [3.63, 3.8) is 0 Å². The van der Waals surface area contributed by atoms with Crippen molar-refractivity contribution < 1.29 is 25.5 Å². The Hall–Kier alpha value is -0.540. The van der Waals surface area contributed by atoms with Crippen molar-refractivity contribution in [3.05, 3.63) is 30.3 Å². The standard InChI is InChI=1S/C6H5F5N4OP4/c7-18(8)12-17-13-20(11,15-19(9,10)14-18)16-6-4-2-1-3-5-6/h1-5H. The van der Waals surface area contributed by atoms with Crippen LogP contribution in [0, 0.1) is 0 Å². The third kappa shape index (κ3) is 4.49. The van der Waals surface area contributed by atoms with E-state index in [1.807, 2.05) is 4.52 Å². The normalized spacial score (nSPS) is 28.1. The summed E-state index contributed by atoms with van der Waals surface area (Å²) in [7, 11) is -17.0. The second-order valence-electron chi connectivity index (χ2n) is 3.24. The molecule has 0 N–H and O–H groups in total. The van der Waals surface area contributed by atoms with Gasteiger partial charge in [0.2, 0.25) is 0 Å². The number of nitrogens with zero attached hydrogens (tertiary/aromatic N) is 4. The average molecular weight is 368 g/mol. The molecular weight excluding hydrogens is 363 g/mol. The highest BCUT2D eigenvalue weighted by Crippen LogP contribution is 2.76. The summed E-state index contributed by atoms with van der Waals surface area (Å²) in [5.74, 6) is -0.0897. The number of hydrogen-bond donors (Lipinski definition) is 0. The molecule has 1 atom stereocenters. The molecule has 0 saturated heterocycles. The van der Waals surface area contributed by atoms with Crippen molar-refractivity contribution in [1.29, 1.82) is 0 Å². The van der Waals surface area contributed by atoms with Gasteiger partial charge < -0.3 is 4.52 Å². The van der Waals surface area contributed by atoms with E-state index in [4.69, 9.17) is 0 Å². The first-order chi connectivity index (χ1) is 9.20. The van der Waals surface area contributed by atoms with Crippen LogP contribution in [-0.2, 0) is 0 Å². The number of benzene rings is 1. The maximum Gasteiger partial charge on any atom is 0.442 e. The minimum atomic E-state index is -5.88. The van der Waals surface area contributed by atoms with Gasteiger partial charge in [0.15, 0.2) is 8.52 Å². The molecule has 1 unspecified atom stereocenters. The summed E-state index contributed by atoms with van der Waals surface area (Å²) in [6, 6.07) is 7.15. The van der Waals surface area contributed by atoms with E-state index >= 15 is 0 Å². The molecule has 1 heterocycles. The van der Waals surface area contributed by atoms with Crippen LogP contribution in [0.25, 0.3) is 0 Å². The molecule has 1 aromatic rings. The number of halogens is 5. The van der Waals surface area contributed by atoms with Crippen LogP contribution in [0.3, 0.4) is 0 Å². The maximum absolute atomic E-state index is 14.2. The van der Waals surface area contributed by atoms with Gasteiger partial charge in [-0.3, -0.25) is 0 Å². The fourth-order valence-corrected chi connectivity index (χ4v) is 6.50. The zero-order chi connectivity index (χ0) is 14.9. The Kier molecular flexibility index (Phi) is 4.50. The zero-order valence-electron chi connectivity index (χ0n) is 9.26. The van der Waals surface area contributed by atoms with Crippen molar-refractivity contribution in [2.45, 2.75) is 0 Å². The Morgan fingerprint density at radius 3 is 2.20 bits per heavy atom. The van der Waals surface area contributed by atoms with Gasteiger partial charge in [0.1, 0.15) is 5.75 Å². The summed E-state index contributed by atoms with van der Waals surface area (Å²) in [6.45, 7) is 0. The number of rotatable bonds is 2. The monoisotopic (exact) mass is 368 g/mol. The molecule has 14 heteroatoms. The van der Waals surface area contributed by atoms with E-state index in [1.165, 1.54) is 24.3 Å². The van der Waals surface area contributed by atoms with Gasteiger partial charge >= 0.3 is 23.4 Å². The lowest BCUT2D eigenvalue weighted by Gasteiger charge is -2.13. The Bertz CT molecular complexity index is 695. The fourth-order valence-electron chi connectivity index (χ4n) is 1.08. The second-order valence-corrected chi connectivity index (χ2v) is 9.23. The molecule has 0 bridgehead atoms. The molecule has 0 radical (unpaired) electrons. The summed E-state index contributed by atoms with van der Waals surface area (Å²) in [6.07, 6.45) is 0. The fraction of sp³-hybridized carbons (Fsp3) is 0. The van der Waals surface area contributed by atoms with Crippen LogP contribution in [0.4, 0.5) is 21.0 Å². The van der Waals surface area contributed by atoms with Gasteiger partial charge in [-0.25, -0.2) is 0 Å². The van der Waals surface area contributed by atoms with Gasteiger partial charge in [-0.2, -0.15) is 0 Å². The summed E-state index contributed by atoms with van der Waals surface area (Å²) >= 11 is 0. The maximum atomic E-state index is 14.2. The number of para-hydroxylation sites is 1. The van der Waals surface area contributed by atoms with E-state index in [0.717, 1.165) is 0 Å². The van der Waals surface area contributed by atoms with Crippen molar-refractivity contribution >= 4 is 31.9 Å². The predicted molar refractivity (Wildman–Crippen MR) is 70.0 cm³/mol. The van der Waals surface area contributed by atoms with Crippen molar-refractivity contribution in [2.24, 2.45) is 18.1 Å². The van der Waals surface area contributed by atoms with Gasteiger partial charge in [0, 0.05) is 0 Å². The van der Waals surface area contributed by atoms with Crippen LogP contribution in [0.5, 0.6) is 5.75 Å². The molecule has 0 aromatic heterocycles. The Morgan fingerprint density at radius 1 is 0.900 bits per heavy atom. The van der Waals surface area contributed by atoms with Crippen LogP contribution in [0.2, 0.25) is 0 Å². The SMILES string of the molecule is FP1(F)=NP=NP(F)(Oc2ccccc2)=NP(F)(F)=N1. The molecule has 2 rings (SSSR count). The molecule has 0 saturated carbocycles. The lowest BCUT2D eigenvalue weighted by molar-refractivity contribution is 0.551. The lowest BCUT2D eigenvalue weighted by Crippen LogP contribution is -1.84. The van der Waals surface area contributed by atoms with E-state index in [2.05, 4.69) is 18.1 Å². The molecule has 1 aliphatic rings. The summed E-state index contributed by atoms with van der Waals surface area (Å²) < 4.78 is 81.1. The van der Waals surface area contributed by atoms with Crippen LogP contribution in [0.1, 0.15) is 0 Å². The third-order valence-corrected chi connectivity index (χ3v) is 7.99. The van der Waals surface area contributed by atoms with Crippen LogP contribution in [0.15, 0.2) is 48.4 Å². The van der Waals surface area contributed by atoms with E-state index in [1.54, 1.807) is 6.07 Å². The van der Waals surface area contributed by atoms with Crippen LogP contribution in [-0.4, -0.2) is 0 Å². The van der Waals surface area contributed by atoms with Crippen LogP contribution < -0.4 is 4.52 Å². The summed E-state index contributed by atoms with van der Waals surface area (Å²) in [5, 5.41) is 0. The molecule has 1 aliphatic heterocycles. The van der Waals surface area contributed by atoms with Crippen LogP contribution >= 0.6 is 31.9 Å². The van der Waals surface area contributed by atoms with Gasteiger partial charge in [0.25, 0.3) is 0 Å². The topological polar surface area (TPSA) is 58.7 Å². The highest BCUT2D eigenvalue weighted by atomic mass is 31.3. The van der Waals surface area contributed by atoms with Crippen molar-refractivity contribution in [1.82, 2.24) is 0 Å². The lowest BCUT2D eigenvalue weighted by atomic mass is 10.3. The van der Waals surface area contributed by atoms with E-state index in [0.29, 0.717) is 0 Å². The first kappa shape index (κ1) is 15.8. The number of hydrogen-bond acceptors (Lipinski definition) is 5. The average Bonchev–Trinajstić information content (AvgIpc) is 2.25. The molecule has 20 heavy (non-hydrogen) atoms. The summed E-state index contributed by atoms with van der Waals surface area (Å²) in [5.41, 5.74) is 0. The van der Waals surface area contributed by atoms with E-state index in [9.17, 15) is 21.0 Å². The molecule has 110 valence electrons. The van der Waals surface area contributed by atoms with E-state index < -0.39 is 31.9 Å². The zero-order valence-corrected chi connectivity index (χ0v) is 12.8. The van der Waals surface area contributed by atoms with Crippen molar-refractivity contribution in [2.75, 3.05) is 0 Å². The van der Waals surface area contributed by atoms with Crippen molar-refractivity contribution in [3.8, 4) is 5.75 Å². The van der Waals surface area contributed by atoms with Gasteiger partial charge in [-0.05, 0) is 12.1 Å².